The minimum Gasteiger partial charge on any atom is -0.228 e. The Morgan fingerprint density at radius 1 is 1.11 bits per heavy atom. The highest BCUT2D eigenvalue weighted by Gasteiger charge is 1.95. The Labute approximate surface area is 53.1 Å². The highest BCUT2D eigenvalue weighted by Crippen LogP contribution is 2.07. The largest absolute Gasteiger partial charge is 0.244 e. The van der Waals surface area contributed by atoms with E-state index in [0.29, 0.717) is 5.71 Å². The number of allylic oxidation sites excluding steroid dienone is 1. The Morgan fingerprint density at radius 2 is 1.56 bits per heavy atom. The summed E-state index contributed by atoms with van der Waals surface area (Å²) in [5.74, 6) is -1.91. The van der Waals surface area contributed by atoms with E-state index >= 15 is 0 Å². The Morgan fingerprint density at radius 3 is 1.67 bits per heavy atom. The van der Waals surface area contributed by atoms with Crippen LogP contribution in [-0.2, 0) is 0 Å². The number of rotatable bonds is 1. The summed E-state index contributed by atoms with van der Waals surface area (Å²) in [6.07, 6.45) is 0. The Bertz CT molecular complexity index is 150. The zero-order valence-electron chi connectivity index (χ0n) is 5.70. The third-order valence-electron chi connectivity index (χ3n) is 0.606. The maximum atomic E-state index is 12.1. The van der Waals surface area contributed by atoms with Gasteiger partial charge in [-0.25, -0.2) is 9.38 Å². The molecule has 0 aliphatic rings. The van der Waals surface area contributed by atoms with Gasteiger partial charge in [-0.1, -0.05) is 0 Å². The zero-order chi connectivity index (χ0) is 7.44. The summed E-state index contributed by atoms with van der Waals surface area (Å²) < 4.78 is 23.9. The molecule has 0 spiro atoms. The highest BCUT2D eigenvalue weighted by atomic mass is 19.2. The molecule has 0 N–H and O–H groups in total. The van der Waals surface area contributed by atoms with Crippen LogP contribution in [0.25, 0.3) is 0 Å². The van der Waals surface area contributed by atoms with Crippen molar-refractivity contribution in [1.29, 1.82) is 0 Å². The molecule has 1 nitrogen and oxygen atoms in total. The van der Waals surface area contributed by atoms with Crippen LogP contribution in [0, 0.1) is 0 Å². The van der Waals surface area contributed by atoms with Gasteiger partial charge in [0, 0.05) is 5.71 Å². The van der Waals surface area contributed by atoms with Crippen molar-refractivity contribution >= 4 is 5.71 Å². The SMILES string of the molecule is CC(C)=N/C(F)=C(\C)F. The van der Waals surface area contributed by atoms with Gasteiger partial charge in [-0.15, -0.1) is 0 Å². The average Bonchev–Trinajstić information content (AvgIpc) is 1.63. The average molecular weight is 133 g/mol. The van der Waals surface area contributed by atoms with E-state index in [4.69, 9.17) is 0 Å². The lowest BCUT2D eigenvalue weighted by atomic mass is 10.5. The van der Waals surface area contributed by atoms with E-state index in [1.54, 1.807) is 13.8 Å². The molecule has 0 fully saturated rings. The topological polar surface area (TPSA) is 12.4 Å². The first-order chi connectivity index (χ1) is 4.04. The fourth-order valence-electron chi connectivity index (χ4n) is 0.273. The molecule has 0 aliphatic heterocycles. The van der Waals surface area contributed by atoms with Gasteiger partial charge in [0.2, 0.25) is 5.95 Å². The molecule has 0 atom stereocenters. The number of hydrogen-bond acceptors (Lipinski definition) is 1. The second-order valence-corrected chi connectivity index (χ2v) is 1.88. The van der Waals surface area contributed by atoms with Crippen LogP contribution in [0.15, 0.2) is 16.8 Å². The van der Waals surface area contributed by atoms with Crippen LogP contribution in [0.3, 0.4) is 0 Å². The molecular formula is C6H9F2N. The van der Waals surface area contributed by atoms with Crippen molar-refractivity contribution in [3.05, 3.63) is 11.8 Å². The Hall–Kier alpha value is -0.730. The number of hydrogen-bond donors (Lipinski definition) is 0. The lowest BCUT2D eigenvalue weighted by molar-refractivity contribution is 0.532. The van der Waals surface area contributed by atoms with Gasteiger partial charge in [-0.3, -0.25) is 0 Å². The van der Waals surface area contributed by atoms with Crippen LogP contribution in [0.1, 0.15) is 20.8 Å². The van der Waals surface area contributed by atoms with Gasteiger partial charge in [-0.2, -0.15) is 4.39 Å². The number of halogens is 2. The van der Waals surface area contributed by atoms with Crippen molar-refractivity contribution in [1.82, 2.24) is 0 Å². The maximum Gasteiger partial charge on any atom is 0.244 e. The minimum absolute atomic E-state index is 0.504. The van der Waals surface area contributed by atoms with Gasteiger partial charge in [0.25, 0.3) is 0 Å². The summed E-state index contributed by atoms with van der Waals surface area (Å²) in [5.41, 5.74) is 0.504. The van der Waals surface area contributed by atoms with Crippen LogP contribution in [-0.4, -0.2) is 5.71 Å². The molecule has 0 aromatic carbocycles. The van der Waals surface area contributed by atoms with Crippen molar-refractivity contribution < 1.29 is 8.78 Å². The van der Waals surface area contributed by atoms with Crippen LogP contribution >= 0.6 is 0 Å². The smallest absolute Gasteiger partial charge is 0.228 e. The second kappa shape index (κ2) is 3.33. The predicted octanol–water partition coefficient (Wildman–Crippen LogP) is 2.60. The van der Waals surface area contributed by atoms with Gasteiger partial charge >= 0.3 is 0 Å². The summed E-state index contributed by atoms with van der Waals surface area (Å²) in [5, 5.41) is 0. The standard InChI is InChI=1S/C6H9F2N/c1-4(2)9-6(8)5(3)7/h1-3H3/b6-5+. The van der Waals surface area contributed by atoms with E-state index in [2.05, 4.69) is 4.99 Å². The van der Waals surface area contributed by atoms with E-state index in [9.17, 15) is 8.78 Å². The zero-order valence-corrected chi connectivity index (χ0v) is 5.70. The van der Waals surface area contributed by atoms with Crippen LogP contribution in [0.5, 0.6) is 0 Å². The van der Waals surface area contributed by atoms with Gasteiger partial charge in [0.1, 0.15) is 0 Å². The second-order valence-electron chi connectivity index (χ2n) is 1.88. The van der Waals surface area contributed by atoms with E-state index in [-0.39, 0.29) is 0 Å². The summed E-state index contributed by atoms with van der Waals surface area (Å²) in [7, 11) is 0. The summed E-state index contributed by atoms with van der Waals surface area (Å²) >= 11 is 0. The quantitative estimate of drug-likeness (QED) is 0.385. The molecule has 0 unspecified atom stereocenters. The van der Waals surface area contributed by atoms with E-state index in [0.717, 1.165) is 6.92 Å². The summed E-state index contributed by atoms with van der Waals surface area (Å²) in [6.45, 7) is 4.23. The highest BCUT2D eigenvalue weighted by molar-refractivity contribution is 5.79. The first kappa shape index (κ1) is 8.27. The van der Waals surface area contributed by atoms with E-state index in [1.807, 2.05) is 0 Å². The monoisotopic (exact) mass is 133 g/mol. The molecule has 0 amide bonds. The van der Waals surface area contributed by atoms with Gasteiger partial charge in [0.05, 0.1) is 0 Å². The van der Waals surface area contributed by atoms with Crippen LogP contribution in [0.4, 0.5) is 8.78 Å². The molecule has 0 saturated heterocycles. The lowest BCUT2D eigenvalue weighted by Crippen LogP contribution is -1.80. The molecule has 9 heavy (non-hydrogen) atoms. The van der Waals surface area contributed by atoms with Gasteiger partial charge in [0.15, 0.2) is 5.83 Å². The van der Waals surface area contributed by atoms with Gasteiger partial charge < -0.3 is 0 Å². The van der Waals surface area contributed by atoms with Crippen molar-refractivity contribution in [3.8, 4) is 0 Å². The molecule has 0 heterocycles. The Kier molecular flexibility index (Phi) is 3.06. The fourth-order valence-corrected chi connectivity index (χ4v) is 0.273. The molecule has 0 aromatic rings. The third kappa shape index (κ3) is 3.82. The molecule has 3 heteroatoms. The first-order valence-electron chi connectivity index (χ1n) is 2.58. The lowest BCUT2D eigenvalue weighted by Gasteiger charge is -1.87. The third-order valence-corrected chi connectivity index (χ3v) is 0.606. The van der Waals surface area contributed by atoms with Gasteiger partial charge in [-0.05, 0) is 20.8 Å². The minimum atomic E-state index is -1.03. The number of nitrogens with zero attached hydrogens (tertiary/aromatic N) is 1. The Balaban J connectivity index is 4.25. The van der Waals surface area contributed by atoms with E-state index < -0.39 is 11.8 Å². The predicted molar refractivity (Wildman–Crippen MR) is 33.7 cm³/mol. The van der Waals surface area contributed by atoms with Crippen molar-refractivity contribution in [2.75, 3.05) is 0 Å². The molecule has 0 aliphatic carbocycles. The number of aliphatic imine (C=N–C) groups is 1. The molecular weight excluding hydrogens is 124 g/mol. The molecule has 52 valence electrons. The fraction of sp³-hybridized carbons (Fsp3) is 0.500. The van der Waals surface area contributed by atoms with Crippen LogP contribution < -0.4 is 0 Å². The molecule has 0 radical (unpaired) electrons. The first-order valence-corrected chi connectivity index (χ1v) is 2.58. The molecule has 0 bridgehead atoms. The van der Waals surface area contributed by atoms with Crippen molar-refractivity contribution in [2.24, 2.45) is 4.99 Å². The van der Waals surface area contributed by atoms with Crippen molar-refractivity contribution in [3.63, 3.8) is 0 Å². The summed E-state index contributed by atoms with van der Waals surface area (Å²) in [4.78, 5) is 3.23. The van der Waals surface area contributed by atoms with E-state index in [1.165, 1.54) is 0 Å². The maximum absolute atomic E-state index is 12.1. The molecule has 0 saturated carbocycles. The molecule has 0 rings (SSSR count). The summed E-state index contributed by atoms with van der Waals surface area (Å²) in [6, 6.07) is 0. The normalized spacial score (nSPS) is 12.6. The van der Waals surface area contributed by atoms with Crippen LogP contribution in [0.2, 0.25) is 0 Å². The van der Waals surface area contributed by atoms with Crippen molar-refractivity contribution in [2.45, 2.75) is 20.8 Å². The molecule has 0 aromatic heterocycles.